The summed E-state index contributed by atoms with van der Waals surface area (Å²) >= 11 is 1.79. The van der Waals surface area contributed by atoms with Crippen LogP contribution in [0.3, 0.4) is 0 Å². The minimum Gasteiger partial charge on any atom is -0.378 e. The van der Waals surface area contributed by atoms with Crippen LogP contribution in [0.15, 0.2) is 89.8 Å². The summed E-state index contributed by atoms with van der Waals surface area (Å²) < 4.78 is 41.0. The fourth-order valence-electron chi connectivity index (χ4n) is 4.75. The molecule has 0 fully saturated rings. The maximum absolute atomic E-state index is 13.7. The summed E-state index contributed by atoms with van der Waals surface area (Å²) in [6.45, 7) is 0. The third-order valence-electron chi connectivity index (χ3n) is 6.18. The molecular formula is C26H22F3NS. The van der Waals surface area contributed by atoms with Gasteiger partial charge in [0.1, 0.15) is 0 Å². The molecule has 158 valence electrons. The third kappa shape index (κ3) is 3.99. The number of hydrogen-bond acceptors (Lipinski definition) is 2. The number of nitrogens with one attached hydrogen (secondary N) is 1. The van der Waals surface area contributed by atoms with Crippen molar-refractivity contribution in [3.05, 3.63) is 107 Å². The second-order valence-corrected chi connectivity index (χ2v) is 9.13. The highest BCUT2D eigenvalue weighted by molar-refractivity contribution is 7.98. The molecule has 31 heavy (non-hydrogen) atoms. The van der Waals surface area contributed by atoms with Crippen LogP contribution in [0.4, 0.5) is 18.9 Å². The van der Waals surface area contributed by atoms with Gasteiger partial charge in [-0.1, -0.05) is 60.7 Å². The van der Waals surface area contributed by atoms with E-state index in [9.17, 15) is 13.2 Å². The normalized spacial score (nSPS) is 22.0. The summed E-state index contributed by atoms with van der Waals surface area (Å²) in [5, 5.41) is 3.45. The van der Waals surface area contributed by atoms with Crippen molar-refractivity contribution in [1.29, 1.82) is 0 Å². The van der Waals surface area contributed by atoms with Gasteiger partial charge in [0.05, 0.1) is 11.6 Å². The Morgan fingerprint density at radius 1 is 0.903 bits per heavy atom. The fraction of sp³-hybridized carbons (Fsp3) is 0.231. The second-order valence-electron chi connectivity index (χ2n) is 8.08. The number of anilines is 1. The lowest BCUT2D eigenvalue weighted by atomic mass is 9.76. The third-order valence-corrected chi connectivity index (χ3v) is 7.26. The van der Waals surface area contributed by atoms with Gasteiger partial charge in [0.2, 0.25) is 0 Å². The van der Waals surface area contributed by atoms with Crippen molar-refractivity contribution in [2.45, 2.75) is 35.2 Å². The van der Waals surface area contributed by atoms with Crippen molar-refractivity contribution in [2.75, 3.05) is 5.32 Å². The van der Waals surface area contributed by atoms with Gasteiger partial charge in [0.25, 0.3) is 0 Å². The molecule has 1 aliphatic heterocycles. The molecule has 5 heteroatoms. The number of halogens is 3. The van der Waals surface area contributed by atoms with Crippen LogP contribution in [0.25, 0.3) is 0 Å². The van der Waals surface area contributed by atoms with Crippen molar-refractivity contribution < 1.29 is 13.2 Å². The average Bonchev–Trinajstić information content (AvgIpc) is 3.28. The first-order chi connectivity index (χ1) is 15.0. The maximum Gasteiger partial charge on any atom is 0.416 e. The fourth-order valence-corrected chi connectivity index (χ4v) is 5.61. The van der Waals surface area contributed by atoms with Crippen LogP contribution in [0.5, 0.6) is 0 Å². The SMILES string of the molecule is FC(F)(F)c1ccccc1[C@@H]1Nc2ccc(CSc3ccccc3)cc2[C@@H]2C=CC[C@@H]21. The second kappa shape index (κ2) is 8.12. The van der Waals surface area contributed by atoms with Crippen LogP contribution in [-0.2, 0) is 11.9 Å². The molecule has 2 aliphatic rings. The molecule has 0 unspecified atom stereocenters. The Labute approximate surface area is 184 Å². The first-order valence-electron chi connectivity index (χ1n) is 10.4. The molecule has 3 aromatic rings. The minimum absolute atomic E-state index is 0.0769. The number of rotatable bonds is 4. The Balaban J connectivity index is 1.45. The molecule has 0 amide bonds. The zero-order chi connectivity index (χ0) is 21.4. The van der Waals surface area contributed by atoms with Crippen molar-refractivity contribution in [3.8, 4) is 0 Å². The van der Waals surface area contributed by atoms with E-state index in [4.69, 9.17) is 0 Å². The summed E-state index contributed by atoms with van der Waals surface area (Å²) in [6, 6.07) is 22.2. The van der Waals surface area contributed by atoms with Crippen molar-refractivity contribution in [1.82, 2.24) is 0 Å². The lowest BCUT2D eigenvalue weighted by Crippen LogP contribution is -2.30. The van der Waals surface area contributed by atoms with Crippen LogP contribution < -0.4 is 5.32 Å². The van der Waals surface area contributed by atoms with Gasteiger partial charge in [-0.25, -0.2) is 0 Å². The molecule has 1 heterocycles. The van der Waals surface area contributed by atoms with E-state index < -0.39 is 11.7 Å². The van der Waals surface area contributed by atoms with Crippen LogP contribution in [0, 0.1) is 5.92 Å². The van der Waals surface area contributed by atoms with E-state index in [2.05, 4.69) is 41.7 Å². The zero-order valence-corrected chi connectivity index (χ0v) is 17.6. The highest BCUT2D eigenvalue weighted by Gasteiger charge is 2.42. The van der Waals surface area contributed by atoms with Crippen LogP contribution in [-0.4, -0.2) is 0 Å². The highest BCUT2D eigenvalue weighted by Crippen LogP contribution is 2.51. The number of benzene rings is 3. The summed E-state index contributed by atoms with van der Waals surface area (Å²) in [7, 11) is 0. The van der Waals surface area contributed by atoms with Crippen molar-refractivity contribution in [2.24, 2.45) is 5.92 Å². The summed E-state index contributed by atoms with van der Waals surface area (Å²) in [5.41, 5.74) is 3.14. The molecule has 0 spiro atoms. The largest absolute Gasteiger partial charge is 0.416 e. The molecule has 1 aliphatic carbocycles. The van der Waals surface area contributed by atoms with Crippen molar-refractivity contribution in [3.63, 3.8) is 0 Å². The van der Waals surface area contributed by atoms with E-state index in [0.717, 1.165) is 17.9 Å². The molecule has 0 aromatic heterocycles. The lowest BCUT2D eigenvalue weighted by molar-refractivity contribution is -0.138. The van der Waals surface area contributed by atoms with Gasteiger partial charge in [0, 0.05) is 22.3 Å². The molecule has 3 atom stereocenters. The summed E-state index contributed by atoms with van der Waals surface area (Å²) in [5.74, 6) is 1.07. The van der Waals surface area contributed by atoms with E-state index in [0.29, 0.717) is 5.56 Å². The number of allylic oxidation sites excluding steroid dienone is 2. The molecule has 1 nitrogen and oxygen atoms in total. The quantitative estimate of drug-likeness (QED) is 0.330. The van der Waals surface area contributed by atoms with Gasteiger partial charge in [0.15, 0.2) is 0 Å². The topological polar surface area (TPSA) is 12.0 Å². The van der Waals surface area contributed by atoms with Gasteiger partial charge < -0.3 is 5.32 Å². The molecule has 3 aromatic carbocycles. The molecule has 0 bridgehead atoms. The molecule has 5 rings (SSSR count). The number of fused-ring (bicyclic) bond motifs is 3. The van der Waals surface area contributed by atoms with Crippen LogP contribution >= 0.6 is 11.8 Å². The monoisotopic (exact) mass is 437 g/mol. The number of alkyl halides is 3. The van der Waals surface area contributed by atoms with E-state index in [1.807, 2.05) is 24.3 Å². The average molecular weight is 438 g/mol. The molecule has 0 saturated heterocycles. The Kier molecular flexibility index (Phi) is 5.30. The molecule has 1 N–H and O–H groups in total. The number of thioether (sulfide) groups is 1. The van der Waals surface area contributed by atoms with Crippen molar-refractivity contribution >= 4 is 17.4 Å². The minimum atomic E-state index is -4.36. The standard InChI is InChI=1S/C26H22F3NS/c27-26(28,29)23-12-5-4-9-21(23)25-20-11-6-10-19(20)22-15-17(13-14-24(22)30-25)16-31-18-7-2-1-3-8-18/h1-10,12-15,19-20,25,30H,11,16H2/t19-,20+,25-/m1/s1. The summed E-state index contributed by atoms with van der Waals surface area (Å²) in [4.78, 5) is 1.22. The molecular weight excluding hydrogens is 415 g/mol. The maximum atomic E-state index is 13.7. The van der Waals surface area contributed by atoms with Gasteiger partial charge in [-0.3, -0.25) is 0 Å². The van der Waals surface area contributed by atoms with Gasteiger partial charge in [-0.15, -0.1) is 11.8 Å². The first-order valence-corrected chi connectivity index (χ1v) is 11.4. The smallest absolute Gasteiger partial charge is 0.378 e. The predicted molar refractivity (Wildman–Crippen MR) is 120 cm³/mol. The van der Waals surface area contributed by atoms with Crippen LogP contribution in [0.2, 0.25) is 0 Å². The van der Waals surface area contributed by atoms with Gasteiger partial charge in [-0.2, -0.15) is 13.2 Å². The van der Waals surface area contributed by atoms with Gasteiger partial charge >= 0.3 is 6.18 Å². The van der Waals surface area contributed by atoms with E-state index in [1.54, 1.807) is 23.9 Å². The van der Waals surface area contributed by atoms with E-state index in [-0.39, 0.29) is 17.9 Å². The Bertz CT molecular complexity index is 1110. The summed E-state index contributed by atoms with van der Waals surface area (Å²) in [6.07, 6.45) is 0.692. The number of hydrogen-bond donors (Lipinski definition) is 1. The van der Waals surface area contributed by atoms with E-state index >= 15 is 0 Å². The Morgan fingerprint density at radius 2 is 1.68 bits per heavy atom. The Hall–Kier alpha value is -2.66. The molecule has 0 saturated carbocycles. The Morgan fingerprint density at radius 3 is 2.48 bits per heavy atom. The highest BCUT2D eigenvalue weighted by atomic mass is 32.2. The molecule has 0 radical (unpaired) electrons. The first kappa shape index (κ1) is 20.3. The zero-order valence-electron chi connectivity index (χ0n) is 16.8. The predicted octanol–water partition coefficient (Wildman–Crippen LogP) is 7.82. The van der Waals surface area contributed by atoms with E-state index in [1.165, 1.54) is 28.2 Å². The van der Waals surface area contributed by atoms with Gasteiger partial charge in [-0.05, 0) is 53.3 Å². The lowest BCUT2D eigenvalue weighted by Gasteiger charge is -2.38. The van der Waals surface area contributed by atoms with Crippen LogP contribution in [0.1, 0.15) is 40.6 Å².